The van der Waals surface area contributed by atoms with E-state index >= 15 is 0 Å². The second kappa shape index (κ2) is 4.64. The van der Waals surface area contributed by atoms with Gasteiger partial charge in [-0.05, 0) is 19.8 Å². The standard InChI is InChI=1S/C9H15ClN2O2/c1-6(10)9(14)12(2)5-8(13)11-7-3-4-7/h6-7H,3-5H2,1-2H3,(H,11,13)/t6-/m1/s1. The van der Waals surface area contributed by atoms with Crippen LogP contribution in [0.25, 0.3) is 0 Å². The minimum Gasteiger partial charge on any atom is -0.352 e. The van der Waals surface area contributed by atoms with Crippen molar-refractivity contribution in [2.45, 2.75) is 31.2 Å². The maximum atomic E-state index is 11.3. The maximum Gasteiger partial charge on any atom is 0.240 e. The molecule has 0 bridgehead atoms. The van der Waals surface area contributed by atoms with Gasteiger partial charge < -0.3 is 10.2 Å². The summed E-state index contributed by atoms with van der Waals surface area (Å²) in [5.74, 6) is -0.335. The van der Waals surface area contributed by atoms with Crippen LogP contribution in [0.2, 0.25) is 0 Å². The molecule has 14 heavy (non-hydrogen) atoms. The number of nitrogens with zero attached hydrogens (tertiary/aromatic N) is 1. The van der Waals surface area contributed by atoms with E-state index in [2.05, 4.69) is 5.32 Å². The van der Waals surface area contributed by atoms with Gasteiger partial charge in [-0.25, -0.2) is 0 Å². The largest absolute Gasteiger partial charge is 0.352 e. The molecule has 1 fully saturated rings. The Morgan fingerprint density at radius 3 is 2.57 bits per heavy atom. The summed E-state index contributed by atoms with van der Waals surface area (Å²) in [6.45, 7) is 1.69. The van der Waals surface area contributed by atoms with Crippen LogP contribution >= 0.6 is 11.6 Å². The Morgan fingerprint density at radius 2 is 2.14 bits per heavy atom. The fourth-order valence-electron chi connectivity index (χ4n) is 1.10. The molecule has 2 amide bonds. The lowest BCUT2D eigenvalue weighted by molar-refractivity contribution is -0.134. The Balaban J connectivity index is 2.27. The van der Waals surface area contributed by atoms with Crippen LogP contribution in [0.3, 0.4) is 0 Å². The normalized spacial score (nSPS) is 17.4. The molecule has 1 N–H and O–H groups in total. The molecule has 0 saturated heterocycles. The van der Waals surface area contributed by atoms with Crippen molar-refractivity contribution in [1.29, 1.82) is 0 Å². The molecule has 5 heteroatoms. The van der Waals surface area contributed by atoms with E-state index < -0.39 is 5.38 Å². The van der Waals surface area contributed by atoms with Crippen molar-refractivity contribution in [1.82, 2.24) is 10.2 Å². The number of carbonyl (C=O) groups is 2. The van der Waals surface area contributed by atoms with E-state index in [1.165, 1.54) is 4.90 Å². The average molecular weight is 219 g/mol. The molecule has 0 aromatic heterocycles. The summed E-state index contributed by atoms with van der Waals surface area (Å²) in [4.78, 5) is 23.9. The third-order valence-corrected chi connectivity index (χ3v) is 2.23. The molecule has 0 spiro atoms. The number of amides is 2. The summed E-state index contributed by atoms with van der Waals surface area (Å²) < 4.78 is 0. The van der Waals surface area contributed by atoms with Crippen molar-refractivity contribution >= 4 is 23.4 Å². The lowest BCUT2D eigenvalue weighted by Gasteiger charge is -2.17. The first kappa shape index (κ1) is 11.3. The third-order valence-electron chi connectivity index (χ3n) is 2.04. The van der Waals surface area contributed by atoms with Crippen molar-refractivity contribution in [2.24, 2.45) is 0 Å². The molecule has 1 atom stereocenters. The number of hydrogen-bond donors (Lipinski definition) is 1. The number of hydrogen-bond acceptors (Lipinski definition) is 2. The number of alkyl halides is 1. The molecule has 1 aliphatic carbocycles. The van der Waals surface area contributed by atoms with E-state index in [0.717, 1.165) is 12.8 Å². The molecule has 4 nitrogen and oxygen atoms in total. The zero-order chi connectivity index (χ0) is 10.7. The second-order valence-electron chi connectivity index (χ2n) is 3.65. The predicted molar refractivity (Wildman–Crippen MR) is 54.1 cm³/mol. The summed E-state index contributed by atoms with van der Waals surface area (Å²) in [6.07, 6.45) is 2.10. The SMILES string of the molecule is C[C@@H](Cl)C(=O)N(C)CC(=O)NC1CC1. The fourth-order valence-corrected chi connectivity index (χ4v) is 1.26. The van der Waals surface area contributed by atoms with Crippen LogP contribution < -0.4 is 5.32 Å². The number of halogens is 1. The summed E-state index contributed by atoms with van der Waals surface area (Å²) in [5, 5.41) is 2.23. The summed E-state index contributed by atoms with van der Waals surface area (Å²) in [5.41, 5.74) is 0. The van der Waals surface area contributed by atoms with Gasteiger partial charge in [0.25, 0.3) is 0 Å². The van der Waals surface area contributed by atoms with E-state index in [4.69, 9.17) is 11.6 Å². The van der Waals surface area contributed by atoms with Crippen LogP contribution in [-0.2, 0) is 9.59 Å². The van der Waals surface area contributed by atoms with Gasteiger partial charge >= 0.3 is 0 Å². The highest BCUT2D eigenvalue weighted by Gasteiger charge is 2.24. The summed E-state index contributed by atoms with van der Waals surface area (Å²) >= 11 is 5.60. The van der Waals surface area contributed by atoms with Crippen molar-refractivity contribution < 1.29 is 9.59 Å². The Hall–Kier alpha value is -0.770. The zero-order valence-corrected chi connectivity index (χ0v) is 9.17. The smallest absolute Gasteiger partial charge is 0.240 e. The van der Waals surface area contributed by atoms with Crippen molar-refractivity contribution in [2.75, 3.05) is 13.6 Å². The maximum absolute atomic E-state index is 11.3. The Kier molecular flexibility index (Phi) is 3.75. The molecular formula is C9H15ClN2O2. The van der Waals surface area contributed by atoms with Crippen LogP contribution in [0.15, 0.2) is 0 Å². The minimum absolute atomic E-state index is 0.0897. The first-order chi connectivity index (χ1) is 6.50. The molecule has 0 aromatic rings. The van der Waals surface area contributed by atoms with Gasteiger partial charge in [-0.15, -0.1) is 11.6 Å². The van der Waals surface area contributed by atoms with Crippen LogP contribution in [0.5, 0.6) is 0 Å². The molecule has 1 saturated carbocycles. The molecule has 0 aliphatic heterocycles. The van der Waals surface area contributed by atoms with Gasteiger partial charge in [0.05, 0.1) is 6.54 Å². The van der Waals surface area contributed by atoms with Gasteiger partial charge in [0.1, 0.15) is 5.38 Å². The number of carbonyl (C=O) groups excluding carboxylic acids is 2. The van der Waals surface area contributed by atoms with Gasteiger partial charge in [-0.1, -0.05) is 0 Å². The first-order valence-electron chi connectivity index (χ1n) is 4.69. The number of likely N-dealkylation sites (N-methyl/N-ethyl adjacent to an activating group) is 1. The van der Waals surface area contributed by atoms with Crippen molar-refractivity contribution in [3.63, 3.8) is 0 Å². The fraction of sp³-hybridized carbons (Fsp3) is 0.778. The molecule has 0 heterocycles. The quantitative estimate of drug-likeness (QED) is 0.693. The second-order valence-corrected chi connectivity index (χ2v) is 4.31. The molecular weight excluding hydrogens is 204 g/mol. The third kappa shape index (κ3) is 3.54. The van der Waals surface area contributed by atoms with Crippen LogP contribution in [0.4, 0.5) is 0 Å². The van der Waals surface area contributed by atoms with Crippen molar-refractivity contribution in [3.05, 3.63) is 0 Å². The summed E-state index contributed by atoms with van der Waals surface area (Å²) in [7, 11) is 1.58. The number of rotatable bonds is 4. The van der Waals surface area contributed by atoms with E-state index in [1.54, 1.807) is 14.0 Å². The van der Waals surface area contributed by atoms with Crippen LogP contribution in [-0.4, -0.2) is 41.7 Å². The van der Waals surface area contributed by atoms with Crippen LogP contribution in [0, 0.1) is 0 Å². The van der Waals surface area contributed by atoms with Gasteiger partial charge in [0.15, 0.2) is 0 Å². The first-order valence-corrected chi connectivity index (χ1v) is 5.12. The van der Waals surface area contributed by atoms with Crippen LogP contribution in [0.1, 0.15) is 19.8 Å². The number of nitrogens with one attached hydrogen (secondary N) is 1. The molecule has 80 valence electrons. The molecule has 1 rings (SSSR count). The van der Waals surface area contributed by atoms with Crippen molar-refractivity contribution in [3.8, 4) is 0 Å². The minimum atomic E-state index is -0.575. The predicted octanol–water partition coefficient (Wildman–Crippen LogP) is 0.351. The molecule has 0 radical (unpaired) electrons. The Morgan fingerprint density at radius 1 is 1.57 bits per heavy atom. The van der Waals surface area contributed by atoms with Gasteiger partial charge in [-0.2, -0.15) is 0 Å². The highest BCUT2D eigenvalue weighted by atomic mass is 35.5. The van der Waals surface area contributed by atoms with E-state index in [1.807, 2.05) is 0 Å². The Labute approximate surface area is 88.6 Å². The lowest BCUT2D eigenvalue weighted by atomic mass is 10.4. The van der Waals surface area contributed by atoms with E-state index in [-0.39, 0.29) is 18.4 Å². The average Bonchev–Trinajstić information content (AvgIpc) is 2.86. The van der Waals surface area contributed by atoms with Gasteiger partial charge in [0, 0.05) is 13.1 Å². The van der Waals surface area contributed by atoms with Gasteiger partial charge in [0.2, 0.25) is 11.8 Å². The summed E-state index contributed by atoms with van der Waals surface area (Å²) in [6, 6.07) is 0.333. The zero-order valence-electron chi connectivity index (χ0n) is 8.42. The van der Waals surface area contributed by atoms with E-state index in [0.29, 0.717) is 6.04 Å². The molecule has 1 aliphatic rings. The monoisotopic (exact) mass is 218 g/mol. The molecule has 0 aromatic carbocycles. The highest BCUT2D eigenvalue weighted by Crippen LogP contribution is 2.18. The van der Waals surface area contributed by atoms with E-state index in [9.17, 15) is 9.59 Å². The van der Waals surface area contributed by atoms with Gasteiger partial charge in [-0.3, -0.25) is 9.59 Å². The lowest BCUT2D eigenvalue weighted by Crippen LogP contribution is -2.41. The topological polar surface area (TPSA) is 49.4 Å². The molecule has 0 unspecified atom stereocenters. The highest BCUT2D eigenvalue weighted by molar-refractivity contribution is 6.30. The Bertz CT molecular complexity index is 239.